The summed E-state index contributed by atoms with van der Waals surface area (Å²) in [5.41, 5.74) is 0.495. The third-order valence-electron chi connectivity index (χ3n) is 2.53. The summed E-state index contributed by atoms with van der Waals surface area (Å²) >= 11 is 13.2. The minimum Gasteiger partial charge on any atom is -0.324 e. The summed E-state index contributed by atoms with van der Waals surface area (Å²) in [6.07, 6.45) is 1.58. The molecule has 0 radical (unpaired) electrons. The van der Waals surface area contributed by atoms with Crippen LogP contribution in [0.1, 0.15) is 6.92 Å². The van der Waals surface area contributed by atoms with Gasteiger partial charge in [0.2, 0.25) is 5.91 Å². The summed E-state index contributed by atoms with van der Waals surface area (Å²) in [6.45, 7) is 1.78. The van der Waals surface area contributed by atoms with Crippen molar-refractivity contribution in [3.8, 4) is 0 Å². The number of hydrogen-bond acceptors (Lipinski definition) is 4. The summed E-state index contributed by atoms with van der Waals surface area (Å²) in [7, 11) is 1.82. The molecule has 2 aromatic rings. The molecular formula is C12H12Cl2N4OS. The standard InChI is InChI=1S/C12H12Cl2N4OS/c1-7(20-12-17-15-6-18(12)2)11(19)16-9-5-3-4-8(13)10(9)14/h3-7H,1-2H3,(H,16,19)/t7-/m1/s1. The molecule has 1 amide bonds. The molecule has 0 saturated carbocycles. The fraction of sp³-hybridized carbons (Fsp3) is 0.250. The van der Waals surface area contributed by atoms with E-state index in [4.69, 9.17) is 23.2 Å². The summed E-state index contributed by atoms with van der Waals surface area (Å²) in [5, 5.41) is 11.5. The number of rotatable bonds is 4. The third kappa shape index (κ3) is 3.45. The van der Waals surface area contributed by atoms with Crippen molar-refractivity contribution in [3.63, 3.8) is 0 Å². The largest absolute Gasteiger partial charge is 0.324 e. The van der Waals surface area contributed by atoms with E-state index in [0.29, 0.717) is 20.9 Å². The summed E-state index contributed by atoms with van der Waals surface area (Å²) in [4.78, 5) is 12.1. The second kappa shape index (κ2) is 6.47. The zero-order valence-electron chi connectivity index (χ0n) is 10.8. The van der Waals surface area contributed by atoms with Crippen molar-refractivity contribution in [1.29, 1.82) is 0 Å². The first-order chi connectivity index (χ1) is 9.49. The minimum absolute atomic E-state index is 0.179. The van der Waals surface area contributed by atoms with Crippen molar-refractivity contribution in [2.75, 3.05) is 5.32 Å². The second-order valence-electron chi connectivity index (χ2n) is 4.08. The van der Waals surface area contributed by atoms with Crippen molar-refractivity contribution in [1.82, 2.24) is 14.8 Å². The van der Waals surface area contributed by atoms with E-state index < -0.39 is 0 Å². The van der Waals surface area contributed by atoms with Crippen LogP contribution in [0.15, 0.2) is 29.7 Å². The Morgan fingerprint density at radius 1 is 1.45 bits per heavy atom. The molecule has 5 nitrogen and oxygen atoms in total. The van der Waals surface area contributed by atoms with E-state index in [2.05, 4.69) is 15.5 Å². The Morgan fingerprint density at radius 3 is 2.85 bits per heavy atom. The first-order valence-electron chi connectivity index (χ1n) is 5.74. The van der Waals surface area contributed by atoms with E-state index in [0.717, 1.165) is 0 Å². The molecule has 0 bridgehead atoms. The number of nitrogens with zero attached hydrogens (tertiary/aromatic N) is 3. The molecule has 1 aromatic heterocycles. The van der Waals surface area contributed by atoms with E-state index in [9.17, 15) is 4.79 Å². The van der Waals surface area contributed by atoms with Gasteiger partial charge < -0.3 is 9.88 Å². The average Bonchev–Trinajstić information content (AvgIpc) is 2.80. The topological polar surface area (TPSA) is 59.8 Å². The number of aromatic nitrogens is 3. The Labute approximate surface area is 130 Å². The van der Waals surface area contributed by atoms with Crippen LogP contribution < -0.4 is 5.32 Å². The van der Waals surface area contributed by atoms with Crippen LogP contribution in [0.2, 0.25) is 10.0 Å². The number of thioether (sulfide) groups is 1. The van der Waals surface area contributed by atoms with Crippen molar-refractivity contribution >= 4 is 46.6 Å². The number of halogens is 2. The van der Waals surface area contributed by atoms with Crippen LogP contribution in [0.25, 0.3) is 0 Å². The van der Waals surface area contributed by atoms with Gasteiger partial charge in [0, 0.05) is 7.05 Å². The molecule has 2 rings (SSSR count). The lowest BCUT2D eigenvalue weighted by Gasteiger charge is -2.12. The van der Waals surface area contributed by atoms with Crippen molar-refractivity contribution in [3.05, 3.63) is 34.6 Å². The third-order valence-corrected chi connectivity index (χ3v) is 4.50. The molecule has 0 aliphatic heterocycles. The number of carbonyl (C=O) groups is 1. The molecule has 0 unspecified atom stereocenters. The summed E-state index contributed by atoms with van der Waals surface area (Å²) in [6, 6.07) is 5.09. The van der Waals surface area contributed by atoms with Crippen LogP contribution >= 0.6 is 35.0 Å². The lowest BCUT2D eigenvalue weighted by molar-refractivity contribution is -0.115. The minimum atomic E-state index is -0.340. The van der Waals surface area contributed by atoms with Crippen molar-refractivity contribution in [2.45, 2.75) is 17.3 Å². The number of hydrogen-bond donors (Lipinski definition) is 1. The molecule has 1 atom stereocenters. The molecule has 0 aliphatic carbocycles. The number of benzene rings is 1. The zero-order chi connectivity index (χ0) is 14.7. The monoisotopic (exact) mass is 330 g/mol. The van der Waals surface area contributed by atoms with Crippen LogP contribution in [-0.4, -0.2) is 25.9 Å². The Balaban J connectivity index is 2.04. The van der Waals surface area contributed by atoms with Crippen LogP contribution in [0.4, 0.5) is 5.69 Å². The Hall–Kier alpha value is -1.24. The highest BCUT2D eigenvalue weighted by Gasteiger charge is 2.18. The Bertz CT molecular complexity index is 632. The Morgan fingerprint density at radius 2 is 2.20 bits per heavy atom. The quantitative estimate of drug-likeness (QED) is 0.874. The highest BCUT2D eigenvalue weighted by atomic mass is 35.5. The number of anilines is 1. The molecule has 106 valence electrons. The van der Waals surface area contributed by atoms with Gasteiger partial charge in [0.1, 0.15) is 6.33 Å². The van der Waals surface area contributed by atoms with Crippen LogP contribution in [0.5, 0.6) is 0 Å². The van der Waals surface area contributed by atoms with Gasteiger partial charge in [0.05, 0.1) is 21.0 Å². The fourth-order valence-electron chi connectivity index (χ4n) is 1.43. The van der Waals surface area contributed by atoms with Gasteiger partial charge in [-0.15, -0.1) is 10.2 Å². The fourth-order valence-corrected chi connectivity index (χ4v) is 2.56. The predicted octanol–water partition coefficient (Wildman–Crippen LogP) is 3.24. The summed E-state index contributed by atoms with van der Waals surface area (Å²) < 4.78 is 1.75. The van der Waals surface area contributed by atoms with Gasteiger partial charge in [-0.1, -0.05) is 41.0 Å². The van der Waals surface area contributed by atoms with E-state index in [1.54, 1.807) is 36.0 Å². The van der Waals surface area contributed by atoms with Gasteiger partial charge in [0.25, 0.3) is 0 Å². The van der Waals surface area contributed by atoms with Crippen molar-refractivity contribution < 1.29 is 4.79 Å². The average molecular weight is 331 g/mol. The molecule has 8 heteroatoms. The van der Waals surface area contributed by atoms with E-state index >= 15 is 0 Å². The van der Waals surface area contributed by atoms with E-state index in [1.165, 1.54) is 11.8 Å². The van der Waals surface area contributed by atoms with Gasteiger partial charge >= 0.3 is 0 Å². The Kier molecular flexibility index (Phi) is 4.91. The molecule has 1 N–H and O–H groups in total. The van der Waals surface area contributed by atoms with Gasteiger partial charge in [-0.25, -0.2) is 0 Å². The summed E-state index contributed by atoms with van der Waals surface area (Å²) in [5.74, 6) is -0.179. The van der Waals surface area contributed by atoms with E-state index in [-0.39, 0.29) is 11.2 Å². The maximum absolute atomic E-state index is 12.1. The molecule has 20 heavy (non-hydrogen) atoms. The second-order valence-corrected chi connectivity index (χ2v) is 6.17. The van der Waals surface area contributed by atoms with Gasteiger partial charge in [-0.2, -0.15) is 0 Å². The highest BCUT2D eigenvalue weighted by Crippen LogP contribution is 2.30. The van der Waals surface area contributed by atoms with Crippen LogP contribution in [-0.2, 0) is 11.8 Å². The SMILES string of the molecule is C[C@@H](Sc1nncn1C)C(=O)Nc1cccc(Cl)c1Cl. The lowest BCUT2D eigenvalue weighted by Crippen LogP contribution is -2.23. The van der Waals surface area contributed by atoms with Gasteiger partial charge in [0.15, 0.2) is 5.16 Å². The number of nitrogens with one attached hydrogen (secondary N) is 1. The maximum atomic E-state index is 12.1. The zero-order valence-corrected chi connectivity index (χ0v) is 13.1. The molecule has 1 aromatic carbocycles. The molecule has 0 fully saturated rings. The molecular weight excluding hydrogens is 319 g/mol. The predicted molar refractivity (Wildman–Crippen MR) is 81.4 cm³/mol. The van der Waals surface area contributed by atoms with Crippen LogP contribution in [0, 0.1) is 0 Å². The molecule has 0 saturated heterocycles. The normalized spacial score (nSPS) is 12.2. The smallest absolute Gasteiger partial charge is 0.237 e. The maximum Gasteiger partial charge on any atom is 0.237 e. The first kappa shape index (κ1) is 15.2. The van der Waals surface area contributed by atoms with Crippen LogP contribution in [0.3, 0.4) is 0 Å². The lowest BCUT2D eigenvalue weighted by atomic mass is 10.3. The molecule has 0 aliphatic rings. The molecule has 0 spiro atoms. The van der Waals surface area contributed by atoms with Crippen molar-refractivity contribution in [2.24, 2.45) is 7.05 Å². The van der Waals surface area contributed by atoms with E-state index in [1.807, 2.05) is 7.05 Å². The molecule has 1 heterocycles. The number of amides is 1. The first-order valence-corrected chi connectivity index (χ1v) is 7.38. The van der Waals surface area contributed by atoms with Gasteiger partial charge in [-0.05, 0) is 19.1 Å². The number of aryl methyl sites for hydroxylation is 1. The number of carbonyl (C=O) groups excluding carboxylic acids is 1. The van der Waals surface area contributed by atoms with Gasteiger partial charge in [-0.3, -0.25) is 4.79 Å². The highest BCUT2D eigenvalue weighted by molar-refractivity contribution is 8.00.